The lowest BCUT2D eigenvalue weighted by atomic mass is 10.3. The molecule has 0 saturated heterocycles. The first-order chi connectivity index (χ1) is 8.60. The average Bonchev–Trinajstić information content (AvgIpc) is 2.38. The quantitative estimate of drug-likeness (QED) is 0.696. The third-order valence-corrected chi connectivity index (χ3v) is 4.45. The summed E-state index contributed by atoms with van der Waals surface area (Å²) in [6, 6.07) is 3.15. The van der Waals surface area contributed by atoms with Crippen molar-refractivity contribution in [2.45, 2.75) is 24.4 Å². The number of aromatic nitrogens is 1. The van der Waals surface area contributed by atoms with Crippen molar-refractivity contribution in [1.29, 1.82) is 0 Å². The van der Waals surface area contributed by atoms with Crippen LogP contribution in [0.2, 0.25) is 0 Å². The number of thioether (sulfide) groups is 1. The van der Waals surface area contributed by atoms with E-state index in [1.165, 1.54) is 12.3 Å². The molecule has 0 aliphatic rings. The summed E-state index contributed by atoms with van der Waals surface area (Å²) in [5.74, 6) is 1.05. The van der Waals surface area contributed by atoms with Gasteiger partial charge in [0.2, 0.25) is 0 Å². The van der Waals surface area contributed by atoms with Gasteiger partial charge in [-0.3, -0.25) is 0 Å². The monoisotopic (exact) mass is 289 g/mol. The van der Waals surface area contributed by atoms with Gasteiger partial charge in [0, 0.05) is 19.3 Å². The molecule has 0 fully saturated rings. The fraction of sp³-hybridized carbons (Fsp3) is 0.545. The lowest BCUT2D eigenvalue weighted by Crippen LogP contribution is -2.25. The van der Waals surface area contributed by atoms with Crippen molar-refractivity contribution in [2.24, 2.45) is 5.73 Å². The molecule has 0 bridgehead atoms. The molecule has 0 radical (unpaired) electrons. The van der Waals surface area contributed by atoms with Crippen LogP contribution in [0.4, 0.5) is 0 Å². The maximum absolute atomic E-state index is 11.9. The first-order valence-electron chi connectivity index (χ1n) is 5.74. The van der Waals surface area contributed by atoms with E-state index in [0.29, 0.717) is 13.1 Å². The number of hydrogen-bond donors (Lipinski definition) is 2. The van der Waals surface area contributed by atoms with Crippen LogP contribution < -0.4 is 10.5 Å². The van der Waals surface area contributed by atoms with E-state index in [1.54, 1.807) is 17.8 Å². The van der Waals surface area contributed by atoms with Crippen molar-refractivity contribution in [3.8, 4) is 0 Å². The van der Waals surface area contributed by atoms with Crippen molar-refractivity contribution in [2.75, 3.05) is 18.6 Å². The van der Waals surface area contributed by atoms with Crippen LogP contribution in [0.15, 0.2) is 23.4 Å². The zero-order valence-electron chi connectivity index (χ0n) is 10.4. The van der Waals surface area contributed by atoms with Crippen LogP contribution in [0.5, 0.6) is 0 Å². The number of hydrogen-bond acceptors (Lipinski definition) is 5. The first-order valence-corrected chi connectivity index (χ1v) is 8.61. The highest BCUT2D eigenvalue weighted by Crippen LogP contribution is 2.06. The Morgan fingerprint density at radius 2 is 2.17 bits per heavy atom. The van der Waals surface area contributed by atoms with Crippen LogP contribution >= 0.6 is 11.8 Å². The molecule has 0 atom stereocenters. The van der Waals surface area contributed by atoms with E-state index in [-0.39, 0.29) is 5.03 Å². The molecule has 0 saturated carbocycles. The second-order valence-electron chi connectivity index (χ2n) is 3.81. The van der Waals surface area contributed by atoms with E-state index in [2.05, 4.69) is 9.71 Å². The highest BCUT2D eigenvalue weighted by Gasteiger charge is 2.14. The van der Waals surface area contributed by atoms with Crippen LogP contribution in [-0.4, -0.2) is 32.0 Å². The maximum atomic E-state index is 11.9. The molecule has 3 N–H and O–H groups in total. The number of rotatable bonds is 8. The predicted molar refractivity (Wildman–Crippen MR) is 74.9 cm³/mol. The molecule has 5 nitrogen and oxygen atoms in total. The molecular formula is C11H19N3O2S2. The number of nitrogens with zero attached hydrogens (tertiary/aromatic N) is 1. The van der Waals surface area contributed by atoms with Crippen molar-refractivity contribution in [3.63, 3.8) is 0 Å². The number of pyridine rings is 1. The molecular weight excluding hydrogens is 270 g/mol. The largest absolute Gasteiger partial charge is 0.326 e. The number of nitrogens with one attached hydrogen (secondary N) is 1. The highest BCUT2D eigenvalue weighted by atomic mass is 32.2. The van der Waals surface area contributed by atoms with Gasteiger partial charge in [-0.2, -0.15) is 11.8 Å². The summed E-state index contributed by atoms with van der Waals surface area (Å²) in [6.07, 6.45) is 5.36. The Hall–Kier alpha value is -0.630. The van der Waals surface area contributed by atoms with Gasteiger partial charge in [0.1, 0.15) is 0 Å². The molecule has 7 heteroatoms. The minimum absolute atomic E-state index is 0.0459. The Balaban J connectivity index is 2.51. The Labute approximate surface area is 113 Å². The van der Waals surface area contributed by atoms with Crippen LogP contribution in [0, 0.1) is 0 Å². The molecule has 0 unspecified atom stereocenters. The Morgan fingerprint density at radius 3 is 2.72 bits per heavy atom. The molecule has 0 aliphatic carbocycles. The number of nitrogens with two attached hydrogens (primary N) is 1. The van der Waals surface area contributed by atoms with Crippen molar-refractivity contribution in [1.82, 2.24) is 9.71 Å². The van der Waals surface area contributed by atoms with Gasteiger partial charge in [0.05, 0.1) is 0 Å². The minimum atomic E-state index is -3.48. The number of sulfonamides is 1. The SMILES string of the molecule is CSCCCCNS(=O)(=O)c1ccc(CN)cn1. The molecule has 1 aromatic rings. The van der Waals surface area contributed by atoms with Crippen LogP contribution in [0.3, 0.4) is 0 Å². The molecule has 1 rings (SSSR count). The highest BCUT2D eigenvalue weighted by molar-refractivity contribution is 7.98. The molecule has 1 heterocycles. The van der Waals surface area contributed by atoms with Gasteiger partial charge in [-0.05, 0) is 36.5 Å². The van der Waals surface area contributed by atoms with Crippen molar-refractivity contribution >= 4 is 21.8 Å². The summed E-state index contributed by atoms with van der Waals surface area (Å²) in [7, 11) is -3.48. The zero-order chi connectivity index (χ0) is 13.4. The van der Waals surface area contributed by atoms with Gasteiger partial charge in [0.25, 0.3) is 10.0 Å². The Bertz CT molecular complexity index is 446. The molecule has 0 aromatic carbocycles. The van der Waals surface area contributed by atoms with Gasteiger partial charge in [0.15, 0.2) is 5.03 Å². The van der Waals surface area contributed by atoms with Gasteiger partial charge in [-0.1, -0.05) is 6.07 Å². The molecule has 102 valence electrons. The van der Waals surface area contributed by atoms with Crippen LogP contribution in [0.1, 0.15) is 18.4 Å². The van der Waals surface area contributed by atoms with Gasteiger partial charge in [-0.15, -0.1) is 0 Å². The molecule has 18 heavy (non-hydrogen) atoms. The van der Waals surface area contributed by atoms with Gasteiger partial charge >= 0.3 is 0 Å². The second kappa shape index (κ2) is 7.73. The van der Waals surface area contributed by atoms with Crippen LogP contribution in [-0.2, 0) is 16.6 Å². The first kappa shape index (κ1) is 15.4. The number of unbranched alkanes of at least 4 members (excludes halogenated alkanes) is 1. The Kier molecular flexibility index (Phi) is 6.62. The molecule has 0 spiro atoms. The standard InChI is InChI=1S/C11H19N3O2S2/c1-17-7-3-2-6-14-18(15,16)11-5-4-10(8-12)9-13-11/h4-5,9,14H,2-3,6-8,12H2,1H3. The smallest absolute Gasteiger partial charge is 0.258 e. The average molecular weight is 289 g/mol. The maximum Gasteiger partial charge on any atom is 0.258 e. The van der Waals surface area contributed by atoms with E-state index in [1.807, 2.05) is 6.26 Å². The Morgan fingerprint density at radius 1 is 1.39 bits per heavy atom. The lowest BCUT2D eigenvalue weighted by Gasteiger charge is -2.06. The third kappa shape index (κ3) is 4.93. The van der Waals surface area contributed by atoms with Gasteiger partial charge in [-0.25, -0.2) is 18.1 Å². The molecule has 0 aliphatic heterocycles. The van der Waals surface area contributed by atoms with Crippen molar-refractivity contribution in [3.05, 3.63) is 23.9 Å². The summed E-state index contributed by atoms with van der Waals surface area (Å²) in [6.45, 7) is 0.804. The summed E-state index contributed by atoms with van der Waals surface area (Å²) < 4.78 is 26.2. The van der Waals surface area contributed by atoms with E-state index in [0.717, 1.165) is 24.2 Å². The topological polar surface area (TPSA) is 85.1 Å². The predicted octanol–water partition coefficient (Wildman–Crippen LogP) is 0.962. The van der Waals surface area contributed by atoms with E-state index < -0.39 is 10.0 Å². The molecule has 0 amide bonds. The van der Waals surface area contributed by atoms with Crippen molar-refractivity contribution < 1.29 is 8.42 Å². The van der Waals surface area contributed by atoms with E-state index in [4.69, 9.17) is 5.73 Å². The van der Waals surface area contributed by atoms with E-state index >= 15 is 0 Å². The zero-order valence-corrected chi connectivity index (χ0v) is 12.1. The fourth-order valence-corrected chi connectivity index (χ4v) is 2.83. The third-order valence-electron chi connectivity index (χ3n) is 2.38. The van der Waals surface area contributed by atoms with Crippen LogP contribution in [0.25, 0.3) is 0 Å². The normalized spacial score (nSPS) is 11.7. The van der Waals surface area contributed by atoms with Gasteiger partial charge < -0.3 is 5.73 Å². The van der Waals surface area contributed by atoms with E-state index in [9.17, 15) is 8.42 Å². The second-order valence-corrected chi connectivity index (χ2v) is 6.51. The minimum Gasteiger partial charge on any atom is -0.326 e. The fourth-order valence-electron chi connectivity index (χ4n) is 1.34. The summed E-state index contributed by atoms with van der Waals surface area (Å²) >= 11 is 1.76. The lowest BCUT2D eigenvalue weighted by molar-refractivity contribution is 0.574. The molecule has 1 aromatic heterocycles. The summed E-state index contributed by atoms with van der Waals surface area (Å²) in [4.78, 5) is 3.90. The summed E-state index contributed by atoms with van der Waals surface area (Å²) in [5.41, 5.74) is 6.24. The summed E-state index contributed by atoms with van der Waals surface area (Å²) in [5, 5.41) is 0.0459.